The van der Waals surface area contributed by atoms with E-state index in [0.717, 1.165) is 32.9 Å². The van der Waals surface area contributed by atoms with E-state index in [1.807, 2.05) is 61.0 Å². The molecule has 0 fully saturated rings. The average molecular weight is 474 g/mol. The highest BCUT2D eigenvalue weighted by molar-refractivity contribution is 9.10. The van der Waals surface area contributed by atoms with E-state index in [9.17, 15) is 4.79 Å². The van der Waals surface area contributed by atoms with Gasteiger partial charge in [0, 0.05) is 5.69 Å². The summed E-state index contributed by atoms with van der Waals surface area (Å²) in [5.41, 5.74) is 6.21. The molecule has 0 saturated heterocycles. The van der Waals surface area contributed by atoms with Crippen LogP contribution in [0.25, 0.3) is 0 Å². The molecule has 1 aromatic heterocycles. The summed E-state index contributed by atoms with van der Waals surface area (Å²) in [6.07, 6.45) is 0. The second-order valence-electron chi connectivity index (χ2n) is 6.76. The van der Waals surface area contributed by atoms with Gasteiger partial charge in [-0.25, -0.2) is 4.68 Å². The summed E-state index contributed by atoms with van der Waals surface area (Å²) < 4.78 is 7.99. The minimum atomic E-state index is -0.438. The molecule has 2 heterocycles. The van der Waals surface area contributed by atoms with E-state index in [-0.39, 0.29) is 11.9 Å². The molecule has 0 aliphatic carbocycles. The van der Waals surface area contributed by atoms with Gasteiger partial charge in [0.05, 0.1) is 17.6 Å². The monoisotopic (exact) mass is 473 g/mol. The van der Waals surface area contributed by atoms with Crippen molar-refractivity contribution in [1.82, 2.24) is 14.9 Å². The number of aromatic nitrogens is 3. The molecule has 1 aliphatic heterocycles. The highest BCUT2D eigenvalue weighted by Gasteiger charge is 2.37. The van der Waals surface area contributed by atoms with Crippen molar-refractivity contribution < 1.29 is 9.53 Å². The number of halogens is 1. The van der Waals surface area contributed by atoms with Crippen molar-refractivity contribution in [2.45, 2.75) is 30.3 Å². The Morgan fingerprint density at radius 2 is 2.07 bits per heavy atom. The van der Waals surface area contributed by atoms with Crippen LogP contribution in [0.5, 0.6) is 5.75 Å². The van der Waals surface area contributed by atoms with Crippen LogP contribution in [0.4, 0.5) is 5.69 Å². The Balaban J connectivity index is 1.68. The van der Waals surface area contributed by atoms with E-state index < -0.39 is 5.25 Å². The van der Waals surface area contributed by atoms with Crippen LogP contribution in [0.1, 0.15) is 23.0 Å². The van der Waals surface area contributed by atoms with Crippen molar-refractivity contribution in [2.75, 3.05) is 17.9 Å². The molecule has 3 aromatic rings. The van der Waals surface area contributed by atoms with E-state index in [2.05, 4.69) is 36.9 Å². The standard InChI is InChI=1S/C20H20BrN5O2S/c1-11-5-4-6-14(9-11)22-19(27)18-17(13-7-8-16(28-3)15(21)10-13)25-26-12(2)23-24-20(26)29-18/h4-10,17-18,25H,1-3H3,(H,22,27)/t17-,18+/m0/s1. The highest BCUT2D eigenvalue weighted by atomic mass is 79.9. The zero-order valence-electron chi connectivity index (χ0n) is 16.1. The summed E-state index contributed by atoms with van der Waals surface area (Å²) in [7, 11) is 1.62. The van der Waals surface area contributed by atoms with Gasteiger partial charge in [0.2, 0.25) is 11.1 Å². The number of aryl methyl sites for hydroxylation is 2. The number of hydrogen-bond acceptors (Lipinski definition) is 6. The third kappa shape index (κ3) is 3.97. The van der Waals surface area contributed by atoms with Crippen LogP contribution in [0.3, 0.4) is 0 Å². The Morgan fingerprint density at radius 1 is 1.24 bits per heavy atom. The molecule has 0 bridgehead atoms. The van der Waals surface area contributed by atoms with Gasteiger partial charge in [-0.3, -0.25) is 4.79 Å². The van der Waals surface area contributed by atoms with Crippen molar-refractivity contribution in [3.8, 4) is 5.75 Å². The van der Waals surface area contributed by atoms with Gasteiger partial charge >= 0.3 is 0 Å². The number of benzene rings is 2. The van der Waals surface area contributed by atoms with Crippen molar-refractivity contribution in [2.24, 2.45) is 0 Å². The van der Waals surface area contributed by atoms with Crippen molar-refractivity contribution in [3.63, 3.8) is 0 Å². The second kappa shape index (κ2) is 8.08. The van der Waals surface area contributed by atoms with Gasteiger partial charge in [-0.1, -0.05) is 30.0 Å². The molecule has 0 unspecified atom stereocenters. The van der Waals surface area contributed by atoms with Crippen LogP contribution in [0.15, 0.2) is 52.1 Å². The Morgan fingerprint density at radius 3 is 2.79 bits per heavy atom. The zero-order chi connectivity index (χ0) is 20.5. The van der Waals surface area contributed by atoms with Gasteiger partial charge in [-0.15, -0.1) is 10.2 Å². The summed E-state index contributed by atoms with van der Waals surface area (Å²) in [5.74, 6) is 1.37. The number of carbonyl (C=O) groups is 1. The Hall–Kier alpha value is -2.52. The minimum Gasteiger partial charge on any atom is -0.496 e. The fourth-order valence-corrected chi connectivity index (χ4v) is 4.91. The molecule has 2 atom stereocenters. The summed E-state index contributed by atoms with van der Waals surface area (Å²) in [6.45, 7) is 3.87. The molecule has 2 aromatic carbocycles. The molecule has 1 aliphatic rings. The summed E-state index contributed by atoms with van der Waals surface area (Å²) in [5, 5.41) is 11.6. The average Bonchev–Trinajstić information content (AvgIpc) is 3.07. The number of methoxy groups -OCH3 is 1. The van der Waals surface area contributed by atoms with Crippen LogP contribution >= 0.6 is 27.7 Å². The van der Waals surface area contributed by atoms with Crippen LogP contribution in [-0.4, -0.2) is 33.1 Å². The third-order valence-electron chi connectivity index (χ3n) is 4.68. The lowest BCUT2D eigenvalue weighted by Crippen LogP contribution is -2.41. The topological polar surface area (TPSA) is 81.1 Å². The van der Waals surface area contributed by atoms with Gasteiger partial charge < -0.3 is 15.5 Å². The Kier molecular flexibility index (Phi) is 5.51. The summed E-state index contributed by atoms with van der Waals surface area (Å²) >= 11 is 4.94. The molecule has 4 rings (SSSR count). The maximum Gasteiger partial charge on any atom is 0.240 e. The number of nitrogens with zero attached hydrogens (tertiary/aromatic N) is 3. The molecule has 29 heavy (non-hydrogen) atoms. The lowest BCUT2D eigenvalue weighted by molar-refractivity contribution is -0.116. The number of rotatable bonds is 4. The molecule has 150 valence electrons. The minimum absolute atomic E-state index is 0.100. The van der Waals surface area contributed by atoms with Gasteiger partial charge in [-0.2, -0.15) is 0 Å². The van der Waals surface area contributed by atoms with Gasteiger partial charge in [0.1, 0.15) is 16.8 Å². The van der Waals surface area contributed by atoms with E-state index in [1.54, 1.807) is 7.11 Å². The second-order valence-corrected chi connectivity index (χ2v) is 8.73. The first kappa shape index (κ1) is 19.8. The smallest absolute Gasteiger partial charge is 0.240 e. The molecule has 0 spiro atoms. The molecule has 0 saturated carbocycles. The van der Waals surface area contributed by atoms with Crippen LogP contribution in [-0.2, 0) is 4.79 Å². The lowest BCUT2D eigenvalue weighted by Gasteiger charge is -2.33. The fraction of sp³-hybridized carbons (Fsp3) is 0.250. The van der Waals surface area contributed by atoms with E-state index in [4.69, 9.17) is 4.74 Å². The fourth-order valence-electron chi connectivity index (χ4n) is 3.22. The van der Waals surface area contributed by atoms with Gasteiger partial charge in [0.15, 0.2) is 0 Å². The maximum absolute atomic E-state index is 13.2. The SMILES string of the molecule is COc1ccc([C@@H]2Nn3c(C)nnc3S[C@H]2C(=O)Nc2cccc(C)c2)cc1Br. The maximum atomic E-state index is 13.2. The lowest BCUT2D eigenvalue weighted by atomic mass is 10.0. The molecule has 9 heteroatoms. The van der Waals surface area contributed by atoms with E-state index >= 15 is 0 Å². The molecule has 2 N–H and O–H groups in total. The molecule has 7 nitrogen and oxygen atoms in total. The number of carbonyl (C=O) groups excluding carboxylic acids is 1. The normalized spacial score (nSPS) is 17.9. The van der Waals surface area contributed by atoms with E-state index in [1.165, 1.54) is 11.8 Å². The predicted octanol–water partition coefficient (Wildman–Crippen LogP) is 4.06. The van der Waals surface area contributed by atoms with Crippen molar-refractivity contribution >= 4 is 39.3 Å². The zero-order valence-corrected chi connectivity index (χ0v) is 18.5. The van der Waals surface area contributed by atoms with E-state index in [0.29, 0.717) is 5.16 Å². The Bertz CT molecular complexity index is 1070. The molecular weight excluding hydrogens is 454 g/mol. The highest BCUT2D eigenvalue weighted by Crippen LogP contribution is 2.39. The summed E-state index contributed by atoms with van der Waals surface area (Å²) in [4.78, 5) is 13.2. The van der Waals surface area contributed by atoms with Crippen LogP contribution < -0.4 is 15.5 Å². The quantitative estimate of drug-likeness (QED) is 0.594. The predicted molar refractivity (Wildman–Crippen MR) is 117 cm³/mol. The first-order chi connectivity index (χ1) is 14.0. The number of amides is 1. The number of nitrogens with one attached hydrogen (secondary N) is 2. The van der Waals surface area contributed by atoms with Gasteiger partial charge in [0.25, 0.3) is 0 Å². The van der Waals surface area contributed by atoms with Crippen LogP contribution in [0.2, 0.25) is 0 Å². The molecular formula is C20H20BrN5O2S. The number of ether oxygens (including phenoxy) is 1. The number of hydrogen-bond donors (Lipinski definition) is 2. The molecule has 0 radical (unpaired) electrons. The van der Waals surface area contributed by atoms with Gasteiger partial charge in [-0.05, 0) is 65.2 Å². The largest absolute Gasteiger partial charge is 0.496 e. The first-order valence-corrected chi connectivity index (χ1v) is 10.7. The number of thioether (sulfide) groups is 1. The summed E-state index contributed by atoms with van der Waals surface area (Å²) in [6, 6.07) is 13.3. The first-order valence-electron chi connectivity index (χ1n) is 9.02. The number of anilines is 1. The van der Waals surface area contributed by atoms with Crippen molar-refractivity contribution in [1.29, 1.82) is 0 Å². The van der Waals surface area contributed by atoms with Crippen molar-refractivity contribution in [3.05, 3.63) is 63.9 Å². The number of fused-ring (bicyclic) bond motifs is 1. The third-order valence-corrected chi connectivity index (χ3v) is 6.51. The molecule has 1 amide bonds. The van der Waals surface area contributed by atoms with Crippen LogP contribution in [0, 0.1) is 13.8 Å². The Labute approximate surface area is 181 Å².